The molecule has 132 valence electrons. The van der Waals surface area contributed by atoms with Crippen LogP contribution in [0.1, 0.15) is 28.4 Å². The van der Waals surface area contributed by atoms with Crippen molar-refractivity contribution in [3.05, 3.63) is 63.1 Å². The maximum atomic E-state index is 12.3. The van der Waals surface area contributed by atoms with Crippen LogP contribution >= 0.6 is 23.2 Å². The maximum absolute atomic E-state index is 12.3. The standard InChI is InChI=1S/C19H20Cl2N2O2/c1-4-23(3)12-22-18-10-17(21)16(9-13(18)2)19(24)25-11-14-5-7-15(20)8-6-14/h5-10,12H,4,11H2,1-3H3/b22-12+. The molecule has 2 rings (SSSR count). The number of aliphatic imine (C=N–C) groups is 1. The number of hydrogen-bond donors (Lipinski definition) is 0. The zero-order valence-corrected chi connectivity index (χ0v) is 15.9. The van der Waals surface area contributed by atoms with Gasteiger partial charge in [-0.05, 0) is 49.2 Å². The Kier molecular flexibility index (Phi) is 6.85. The van der Waals surface area contributed by atoms with Crippen molar-refractivity contribution in [2.24, 2.45) is 4.99 Å². The van der Waals surface area contributed by atoms with Crippen LogP contribution in [-0.2, 0) is 11.3 Å². The molecule has 0 saturated heterocycles. The minimum atomic E-state index is -0.468. The molecular formula is C19H20Cl2N2O2. The number of carbonyl (C=O) groups is 1. The van der Waals surface area contributed by atoms with E-state index in [4.69, 9.17) is 27.9 Å². The van der Waals surface area contributed by atoms with Crippen molar-refractivity contribution in [2.45, 2.75) is 20.5 Å². The first-order chi connectivity index (χ1) is 11.9. The molecule has 0 amide bonds. The summed E-state index contributed by atoms with van der Waals surface area (Å²) in [5, 5.41) is 0.955. The second-order valence-electron chi connectivity index (χ2n) is 5.64. The molecular weight excluding hydrogens is 359 g/mol. The molecule has 0 aliphatic rings. The third kappa shape index (κ3) is 5.48. The van der Waals surface area contributed by atoms with Crippen LogP contribution in [0.25, 0.3) is 0 Å². The predicted octanol–water partition coefficient (Wildman–Crippen LogP) is 5.27. The number of carbonyl (C=O) groups excluding carboxylic acids is 1. The highest BCUT2D eigenvalue weighted by atomic mass is 35.5. The van der Waals surface area contributed by atoms with Crippen molar-refractivity contribution in [1.82, 2.24) is 4.90 Å². The second-order valence-corrected chi connectivity index (χ2v) is 6.48. The van der Waals surface area contributed by atoms with Gasteiger partial charge >= 0.3 is 5.97 Å². The summed E-state index contributed by atoms with van der Waals surface area (Å²) in [6, 6.07) is 10.5. The van der Waals surface area contributed by atoms with Gasteiger partial charge in [-0.15, -0.1) is 0 Å². The Labute approximate surface area is 158 Å². The van der Waals surface area contributed by atoms with Crippen LogP contribution < -0.4 is 0 Å². The summed E-state index contributed by atoms with van der Waals surface area (Å²) in [5.41, 5.74) is 2.76. The molecule has 0 unspecified atom stereocenters. The van der Waals surface area contributed by atoms with Crippen molar-refractivity contribution in [2.75, 3.05) is 13.6 Å². The minimum Gasteiger partial charge on any atom is -0.457 e. The van der Waals surface area contributed by atoms with E-state index in [9.17, 15) is 4.79 Å². The summed E-state index contributed by atoms with van der Waals surface area (Å²) in [7, 11) is 1.93. The third-order valence-corrected chi connectivity index (χ3v) is 4.25. The first-order valence-electron chi connectivity index (χ1n) is 7.87. The zero-order chi connectivity index (χ0) is 18.4. The SMILES string of the molecule is CCN(C)/C=N/c1cc(Cl)c(C(=O)OCc2ccc(Cl)cc2)cc1C. The highest BCUT2D eigenvalue weighted by Gasteiger charge is 2.14. The Morgan fingerprint density at radius 1 is 1.24 bits per heavy atom. The number of aryl methyl sites for hydroxylation is 1. The van der Waals surface area contributed by atoms with Gasteiger partial charge in [0.2, 0.25) is 0 Å². The highest BCUT2D eigenvalue weighted by Crippen LogP contribution is 2.28. The van der Waals surface area contributed by atoms with E-state index in [0.29, 0.717) is 15.6 Å². The van der Waals surface area contributed by atoms with E-state index < -0.39 is 5.97 Å². The highest BCUT2D eigenvalue weighted by molar-refractivity contribution is 6.34. The molecule has 6 heteroatoms. The van der Waals surface area contributed by atoms with Gasteiger partial charge < -0.3 is 9.64 Å². The largest absolute Gasteiger partial charge is 0.457 e. The van der Waals surface area contributed by atoms with Gasteiger partial charge in [0.15, 0.2) is 0 Å². The monoisotopic (exact) mass is 378 g/mol. The Balaban J connectivity index is 2.10. The van der Waals surface area contributed by atoms with E-state index >= 15 is 0 Å². The van der Waals surface area contributed by atoms with Crippen molar-refractivity contribution >= 4 is 41.2 Å². The number of halogens is 2. The molecule has 0 radical (unpaired) electrons. The Hall–Kier alpha value is -2.04. The summed E-state index contributed by atoms with van der Waals surface area (Å²) >= 11 is 12.1. The number of benzene rings is 2. The number of rotatable bonds is 6. The van der Waals surface area contributed by atoms with Crippen molar-refractivity contribution in [1.29, 1.82) is 0 Å². The number of ether oxygens (including phenoxy) is 1. The number of hydrogen-bond acceptors (Lipinski definition) is 3. The normalized spacial score (nSPS) is 10.9. The van der Waals surface area contributed by atoms with Crippen LogP contribution in [0.4, 0.5) is 5.69 Å². The molecule has 25 heavy (non-hydrogen) atoms. The lowest BCUT2D eigenvalue weighted by atomic mass is 10.1. The van der Waals surface area contributed by atoms with Crippen LogP contribution in [-0.4, -0.2) is 30.8 Å². The Morgan fingerprint density at radius 2 is 1.92 bits per heavy atom. The van der Waals surface area contributed by atoms with E-state index in [0.717, 1.165) is 23.4 Å². The summed E-state index contributed by atoms with van der Waals surface area (Å²) in [6.45, 7) is 4.93. The van der Waals surface area contributed by atoms with Gasteiger partial charge in [0.25, 0.3) is 0 Å². The van der Waals surface area contributed by atoms with Crippen LogP contribution in [0.15, 0.2) is 41.4 Å². The molecule has 0 bridgehead atoms. The molecule has 0 spiro atoms. The second kappa shape index (κ2) is 8.88. The van der Waals surface area contributed by atoms with Gasteiger partial charge in [-0.25, -0.2) is 9.79 Å². The topological polar surface area (TPSA) is 41.9 Å². The molecule has 0 saturated carbocycles. The molecule has 0 aliphatic heterocycles. The van der Waals surface area contributed by atoms with Gasteiger partial charge in [0.05, 0.1) is 22.6 Å². The zero-order valence-electron chi connectivity index (χ0n) is 14.4. The Morgan fingerprint density at radius 3 is 2.56 bits per heavy atom. The summed E-state index contributed by atoms with van der Waals surface area (Å²) in [4.78, 5) is 18.6. The summed E-state index contributed by atoms with van der Waals surface area (Å²) < 4.78 is 5.33. The molecule has 4 nitrogen and oxygen atoms in total. The fourth-order valence-electron chi connectivity index (χ4n) is 2.02. The fourth-order valence-corrected chi connectivity index (χ4v) is 2.38. The molecule has 0 heterocycles. The Bertz CT molecular complexity index is 774. The number of esters is 1. The molecule has 2 aromatic carbocycles. The van der Waals surface area contributed by atoms with Crippen LogP contribution in [0, 0.1) is 6.92 Å². The molecule has 0 aliphatic carbocycles. The molecule has 0 fully saturated rings. The van der Waals surface area contributed by atoms with Crippen LogP contribution in [0.3, 0.4) is 0 Å². The van der Waals surface area contributed by atoms with Gasteiger partial charge in [0.1, 0.15) is 6.61 Å². The lowest BCUT2D eigenvalue weighted by molar-refractivity contribution is 0.0473. The van der Waals surface area contributed by atoms with Gasteiger partial charge in [-0.3, -0.25) is 0 Å². The van der Waals surface area contributed by atoms with Gasteiger partial charge in [-0.2, -0.15) is 0 Å². The predicted molar refractivity (Wildman–Crippen MR) is 103 cm³/mol. The lowest BCUT2D eigenvalue weighted by Crippen LogP contribution is -2.14. The minimum absolute atomic E-state index is 0.159. The molecule has 0 N–H and O–H groups in total. The third-order valence-electron chi connectivity index (χ3n) is 3.68. The molecule has 0 atom stereocenters. The fraction of sp³-hybridized carbons (Fsp3) is 0.263. The first-order valence-corrected chi connectivity index (χ1v) is 8.62. The van der Waals surface area contributed by atoms with E-state index in [1.54, 1.807) is 30.6 Å². The average molecular weight is 379 g/mol. The summed E-state index contributed by atoms with van der Waals surface area (Å²) in [5.74, 6) is -0.468. The van der Waals surface area contributed by atoms with Crippen LogP contribution in [0.5, 0.6) is 0 Å². The van der Waals surface area contributed by atoms with Crippen molar-refractivity contribution < 1.29 is 9.53 Å². The van der Waals surface area contributed by atoms with E-state index in [1.165, 1.54) is 0 Å². The first kappa shape index (κ1) is 19.3. The quantitative estimate of drug-likeness (QED) is 0.390. The van der Waals surface area contributed by atoms with Gasteiger partial charge in [0, 0.05) is 18.6 Å². The number of nitrogens with zero attached hydrogens (tertiary/aromatic N) is 2. The lowest BCUT2D eigenvalue weighted by Gasteiger charge is -2.11. The summed E-state index contributed by atoms with van der Waals surface area (Å²) in [6.07, 6.45) is 1.73. The maximum Gasteiger partial charge on any atom is 0.339 e. The van der Waals surface area contributed by atoms with E-state index in [1.807, 2.05) is 37.9 Å². The van der Waals surface area contributed by atoms with Gasteiger partial charge in [-0.1, -0.05) is 35.3 Å². The molecule has 0 aromatic heterocycles. The van der Waals surface area contributed by atoms with Crippen LogP contribution in [0.2, 0.25) is 10.0 Å². The van der Waals surface area contributed by atoms with Crippen molar-refractivity contribution in [3.63, 3.8) is 0 Å². The molecule has 2 aromatic rings. The van der Waals surface area contributed by atoms with Crippen molar-refractivity contribution in [3.8, 4) is 0 Å². The average Bonchev–Trinajstić information content (AvgIpc) is 2.61. The van der Waals surface area contributed by atoms with E-state index in [2.05, 4.69) is 4.99 Å². The smallest absolute Gasteiger partial charge is 0.339 e. The van der Waals surface area contributed by atoms with E-state index in [-0.39, 0.29) is 6.61 Å².